The van der Waals surface area contributed by atoms with Crippen molar-refractivity contribution in [3.05, 3.63) is 89.5 Å². The molecule has 1 heterocycles. The molecule has 0 aromatic heterocycles. The average molecular weight is 416 g/mol. The van der Waals surface area contributed by atoms with Gasteiger partial charge in [0.1, 0.15) is 17.4 Å². The minimum absolute atomic E-state index is 0.328. The van der Waals surface area contributed by atoms with E-state index in [9.17, 15) is 14.4 Å². The molecule has 0 saturated heterocycles. The number of para-hydroxylation sites is 2. The van der Waals surface area contributed by atoms with Crippen LogP contribution in [-0.2, 0) is 14.3 Å². The van der Waals surface area contributed by atoms with Crippen LogP contribution < -0.4 is 15.8 Å². The van der Waals surface area contributed by atoms with Gasteiger partial charge in [0.05, 0.1) is 0 Å². The quantitative estimate of drug-likeness (QED) is 0.618. The molecule has 7 heteroatoms. The molecule has 0 bridgehead atoms. The molecule has 3 aromatic rings. The summed E-state index contributed by atoms with van der Waals surface area (Å²) < 4.78 is 11.4. The van der Waals surface area contributed by atoms with Crippen LogP contribution >= 0.6 is 0 Å². The highest BCUT2D eigenvalue weighted by molar-refractivity contribution is 5.97. The number of nitrogens with two attached hydrogens (primary N) is 1. The highest BCUT2D eigenvalue weighted by atomic mass is 16.5. The van der Waals surface area contributed by atoms with Crippen LogP contribution in [0.3, 0.4) is 0 Å². The number of hydrogen-bond acceptors (Lipinski definition) is 5. The normalized spacial score (nSPS) is 13.2. The molecular formula is C24H20N2O5. The van der Waals surface area contributed by atoms with Gasteiger partial charge in [-0.1, -0.05) is 36.4 Å². The average Bonchev–Trinajstić information content (AvgIpc) is 2.77. The van der Waals surface area contributed by atoms with Crippen molar-refractivity contribution in [2.45, 2.75) is 18.9 Å². The van der Waals surface area contributed by atoms with Gasteiger partial charge in [-0.3, -0.25) is 14.4 Å². The molecule has 0 spiro atoms. The minimum atomic E-state index is -1.04. The summed E-state index contributed by atoms with van der Waals surface area (Å²) in [5.41, 5.74) is 7.36. The number of fused-ring (bicyclic) bond motifs is 2. The zero-order valence-electron chi connectivity index (χ0n) is 16.7. The minimum Gasteiger partial charge on any atom is -0.457 e. The van der Waals surface area contributed by atoms with E-state index in [4.69, 9.17) is 15.2 Å². The molecule has 3 N–H and O–H groups in total. The summed E-state index contributed by atoms with van der Waals surface area (Å²) in [6, 6.07) is 20.6. The van der Waals surface area contributed by atoms with Gasteiger partial charge < -0.3 is 20.5 Å². The van der Waals surface area contributed by atoms with Crippen molar-refractivity contribution in [1.29, 1.82) is 0 Å². The van der Waals surface area contributed by atoms with Crippen LogP contribution in [0, 0.1) is 0 Å². The second kappa shape index (κ2) is 8.31. The SMILES string of the molecule is C[C@H](OC(=O)C1c2ccccc2Oc2ccccc21)C(=O)Nc1ccc(C(N)=O)cc1. The molecule has 31 heavy (non-hydrogen) atoms. The summed E-state index contributed by atoms with van der Waals surface area (Å²) in [5.74, 6) is -1.14. The van der Waals surface area contributed by atoms with Gasteiger partial charge in [0.15, 0.2) is 6.10 Å². The molecular weight excluding hydrogens is 396 g/mol. The van der Waals surface area contributed by atoms with Crippen molar-refractivity contribution >= 4 is 23.5 Å². The Labute approximate surface area is 178 Å². The van der Waals surface area contributed by atoms with E-state index in [0.717, 1.165) is 0 Å². The van der Waals surface area contributed by atoms with Crippen LogP contribution in [-0.4, -0.2) is 23.9 Å². The number of benzene rings is 3. The highest BCUT2D eigenvalue weighted by Crippen LogP contribution is 2.44. The van der Waals surface area contributed by atoms with Gasteiger partial charge in [0.25, 0.3) is 5.91 Å². The smallest absolute Gasteiger partial charge is 0.318 e. The highest BCUT2D eigenvalue weighted by Gasteiger charge is 2.35. The summed E-state index contributed by atoms with van der Waals surface area (Å²) in [4.78, 5) is 36.8. The van der Waals surface area contributed by atoms with Crippen LogP contribution in [0.25, 0.3) is 0 Å². The van der Waals surface area contributed by atoms with E-state index in [0.29, 0.717) is 33.9 Å². The second-order valence-corrected chi connectivity index (χ2v) is 7.12. The third-order valence-electron chi connectivity index (χ3n) is 5.01. The lowest BCUT2D eigenvalue weighted by Crippen LogP contribution is -2.32. The molecule has 4 rings (SSSR count). The lowest BCUT2D eigenvalue weighted by atomic mass is 9.88. The fourth-order valence-electron chi connectivity index (χ4n) is 3.42. The van der Waals surface area contributed by atoms with Crippen LogP contribution in [0.2, 0.25) is 0 Å². The molecule has 0 fully saturated rings. The number of carbonyl (C=O) groups excluding carboxylic acids is 3. The maximum Gasteiger partial charge on any atom is 0.318 e. The number of carbonyl (C=O) groups is 3. The predicted molar refractivity (Wildman–Crippen MR) is 114 cm³/mol. The predicted octanol–water partition coefficient (Wildman–Crippen LogP) is 3.59. The Morgan fingerprint density at radius 1 is 0.903 bits per heavy atom. The number of rotatable bonds is 5. The molecule has 7 nitrogen and oxygen atoms in total. The first kappa shape index (κ1) is 20.2. The molecule has 1 atom stereocenters. The molecule has 3 aromatic carbocycles. The number of amides is 2. The molecule has 156 valence electrons. The first-order chi connectivity index (χ1) is 14.9. The van der Waals surface area contributed by atoms with Gasteiger partial charge in [-0.25, -0.2) is 0 Å². The largest absolute Gasteiger partial charge is 0.457 e. The van der Waals surface area contributed by atoms with Crippen LogP contribution in [0.1, 0.15) is 34.3 Å². The van der Waals surface area contributed by atoms with Crippen molar-refractivity contribution in [2.24, 2.45) is 5.73 Å². The molecule has 0 unspecified atom stereocenters. The Morgan fingerprint density at radius 2 is 1.45 bits per heavy atom. The van der Waals surface area contributed by atoms with Gasteiger partial charge >= 0.3 is 5.97 Å². The van der Waals surface area contributed by atoms with E-state index < -0.39 is 29.8 Å². The summed E-state index contributed by atoms with van der Waals surface area (Å²) in [6.45, 7) is 1.50. The van der Waals surface area contributed by atoms with Gasteiger partial charge in [-0.15, -0.1) is 0 Å². The third-order valence-corrected chi connectivity index (χ3v) is 5.01. The summed E-state index contributed by atoms with van der Waals surface area (Å²) in [5, 5.41) is 2.66. The number of nitrogens with one attached hydrogen (secondary N) is 1. The zero-order chi connectivity index (χ0) is 22.0. The van der Waals surface area contributed by atoms with Crippen LogP contribution in [0.5, 0.6) is 11.5 Å². The van der Waals surface area contributed by atoms with Gasteiger partial charge in [-0.05, 0) is 43.3 Å². The van der Waals surface area contributed by atoms with E-state index in [-0.39, 0.29) is 0 Å². The lowest BCUT2D eigenvalue weighted by molar-refractivity contribution is -0.153. The van der Waals surface area contributed by atoms with E-state index in [1.165, 1.54) is 19.1 Å². The van der Waals surface area contributed by atoms with Crippen molar-refractivity contribution in [2.75, 3.05) is 5.32 Å². The third kappa shape index (κ3) is 4.11. The van der Waals surface area contributed by atoms with Crippen molar-refractivity contribution < 1.29 is 23.9 Å². The maximum absolute atomic E-state index is 13.1. The van der Waals surface area contributed by atoms with Crippen LogP contribution in [0.15, 0.2) is 72.8 Å². The number of ether oxygens (including phenoxy) is 2. The van der Waals surface area contributed by atoms with Gasteiger partial charge in [-0.2, -0.15) is 0 Å². The number of esters is 1. The van der Waals surface area contributed by atoms with E-state index in [2.05, 4.69) is 5.32 Å². The summed E-state index contributed by atoms with van der Waals surface area (Å²) >= 11 is 0. The molecule has 1 aliphatic rings. The Kier molecular flexibility index (Phi) is 5.41. The number of primary amides is 1. The molecule has 0 aliphatic carbocycles. The van der Waals surface area contributed by atoms with E-state index >= 15 is 0 Å². The molecule has 0 radical (unpaired) electrons. The Balaban J connectivity index is 1.50. The fourth-order valence-corrected chi connectivity index (χ4v) is 3.42. The van der Waals surface area contributed by atoms with Crippen LogP contribution in [0.4, 0.5) is 5.69 Å². The fraction of sp³-hybridized carbons (Fsp3) is 0.125. The van der Waals surface area contributed by atoms with Gasteiger partial charge in [0.2, 0.25) is 5.91 Å². The topological polar surface area (TPSA) is 108 Å². The molecule has 1 aliphatic heterocycles. The van der Waals surface area contributed by atoms with Crippen molar-refractivity contribution in [1.82, 2.24) is 0 Å². The monoisotopic (exact) mass is 416 g/mol. The Bertz CT molecular complexity index is 1110. The Morgan fingerprint density at radius 3 is 2.00 bits per heavy atom. The maximum atomic E-state index is 13.1. The number of anilines is 1. The first-order valence-electron chi connectivity index (χ1n) is 9.71. The molecule has 2 amide bonds. The first-order valence-corrected chi connectivity index (χ1v) is 9.71. The Hall–Kier alpha value is -4.13. The second-order valence-electron chi connectivity index (χ2n) is 7.12. The lowest BCUT2D eigenvalue weighted by Gasteiger charge is -2.27. The summed E-state index contributed by atoms with van der Waals surface area (Å²) in [7, 11) is 0. The standard InChI is InChI=1S/C24H20N2O5/c1-14(23(28)26-16-12-10-15(11-13-16)22(25)27)30-24(29)21-17-6-2-4-8-19(17)31-20-9-5-3-7-18(20)21/h2-14,21H,1H3,(H2,25,27)(H,26,28)/t14-/m0/s1. The zero-order valence-corrected chi connectivity index (χ0v) is 16.7. The molecule has 0 saturated carbocycles. The van der Waals surface area contributed by atoms with Crippen molar-refractivity contribution in [3.8, 4) is 11.5 Å². The van der Waals surface area contributed by atoms with E-state index in [1.54, 1.807) is 24.3 Å². The van der Waals surface area contributed by atoms with Crippen molar-refractivity contribution in [3.63, 3.8) is 0 Å². The number of hydrogen-bond donors (Lipinski definition) is 2. The van der Waals surface area contributed by atoms with Gasteiger partial charge in [0, 0.05) is 22.4 Å². The van der Waals surface area contributed by atoms with E-state index in [1.807, 2.05) is 36.4 Å². The summed E-state index contributed by atoms with van der Waals surface area (Å²) in [6.07, 6.45) is -1.04.